The number of carboxylic acids is 1. The van der Waals surface area contributed by atoms with Crippen LogP contribution in [0.4, 0.5) is 0 Å². The lowest BCUT2D eigenvalue weighted by Crippen LogP contribution is -2.28. The van der Waals surface area contributed by atoms with Gasteiger partial charge in [0.1, 0.15) is 24.7 Å². The van der Waals surface area contributed by atoms with E-state index in [0.717, 1.165) is 10.2 Å². The van der Waals surface area contributed by atoms with Crippen LogP contribution in [0, 0.1) is 0 Å². The Kier molecular flexibility index (Phi) is 5.88. The molecule has 0 saturated heterocycles. The zero-order valence-corrected chi connectivity index (χ0v) is 17.3. The molecular weight excluding hydrogens is 424 g/mol. The van der Waals surface area contributed by atoms with Crippen molar-refractivity contribution < 1.29 is 19.4 Å². The van der Waals surface area contributed by atoms with Crippen LogP contribution in [-0.2, 0) is 22.5 Å². The summed E-state index contributed by atoms with van der Waals surface area (Å²) in [5.74, 6) is -0.0338. The Morgan fingerprint density at radius 2 is 2.00 bits per heavy atom. The van der Waals surface area contributed by atoms with E-state index in [4.69, 9.17) is 26.2 Å². The summed E-state index contributed by atoms with van der Waals surface area (Å²) in [7, 11) is 1.59. The summed E-state index contributed by atoms with van der Waals surface area (Å²) in [4.78, 5) is 31.5. The smallest absolute Gasteiger partial charge is 0.325 e. The van der Waals surface area contributed by atoms with Crippen molar-refractivity contribution in [2.75, 3.05) is 20.3 Å². The summed E-state index contributed by atoms with van der Waals surface area (Å²) >= 11 is 6.29. The van der Waals surface area contributed by atoms with Gasteiger partial charge in [-0.1, -0.05) is 29.8 Å². The second kappa shape index (κ2) is 8.75. The lowest BCUT2D eigenvalue weighted by atomic mass is 10.1. The fraction of sp³-hybridized carbons (Fsp3) is 0.238. The molecule has 0 fully saturated rings. The molecule has 0 saturated carbocycles. The van der Waals surface area contributed by atoms with Gasteiger partial charge in [-0.15, -0.1) is 0 Å². The number of nitrogens with one attached hydrogen (secondary N) is 1. The number of fused-ring (bicyclic) bond motifs is 2. The number of methoxy groups -OCH3 is 1. The first kappa shape index (κ1) is 20.8. The molecule has 0 amide bonds. The third kappa shape index (κ3) is 4.37. The standard InChI is InChI=1S/C21H19ClN4O5/c1-30-6-7-31-18-9-17-16(8-14(18)22)23-19(24-17)10-15-12-4-2-3-5-13(12)21(29)26(25-15)11-20(27)28/h2-5,8-9H,6-7,10-11H2,1H3,(H,23,24)(H,27,28). The van der Waals surface area contributed by atoms with Gasteiger partial charge in [0.2, 0.25) is 0 Å². The Morgan fingerprint density at radius 3 is 2.74 bits per heavy atom. The van der Waals surface area contributed by atoms with Gasteiger partial charge < -0.3 is 19.6 Å². The maximum absolute atomic E-state index is 12.6. The van der Waals surface area contributed by atoms with Gasteiger partial charge in [0.15, 0.2) is 0 Å². The highest BCUT2D eigenvalue weighted by atomic mass is 35.5. The van der Waals surface area contributed by atoms with Crippen LogP contribution >= 0.6 is 11.6 Å². The molecule has 0 atom stereocenters. The summed E-state index contributed by atoms with van der Waals surface area (Å²) in [6.07, 6.45) is 0.270. The van der Waals surface area contributed by atoms with Crippen molar-refractivity contribution in [3.8, 4) is 5.75 Å². The van der Waals surface area contributed by atoms with E-state index in [-0.39, 0.29) is 6.42 Å². The lowest BCUT2D eigenvalue weighted by molar-refractivity contribution is -0.138. The van der Waals surface area contributed by atoms with Gasteiger partial charge >= 0.3 is 5.97 Å². The number of carbonyl (C=O) groups is 1. The first-order valence-corrected chi connectivity index (χ1v) is 9.84. The van der Waals surface area contributed by atoms with Crippen LogP contribution in [-0.4, -0.2) is 51.1 Å². The first-order chi connectivity index (χ1) is 15.0. The molecule has 10 heteroatoms. The first-order valence-electron chi connectivity index (χ1n) is 9.46. The third-order valence-corrected chi connectivity index (χ3v) is 4.99. The van der Waals surface area contributed by atoms with E-state index < -0.39 is 18.1 Å². The number of aromatic amines is 1. The van der Waals surface area contributed by atoms with E-state index in [0.29, 0.717) is 51.8 Å². The highest BCUT2D eigenvalue weighted by molar-refractivity contribution is 6.32. The van der Waals surface area contributed by atoms with E-state index in [1.807, 2.05) is 0 Å². The highest BCUT2D eigenvalue weighted by Crippen LogP contribution is 2.29. The summed E-state index contributed by atoms with van der Waals surface area (Å²) in [5.41, 5.74) is 1.48. The Morgan fingerprint density at radius 1 is 1.23 bits per heavy atom. The molecule has 0 unspecified atom stereocenters. The van der Waals surface area contributed by atoms with Gasteiger partial charge in [-0.2, -0.15) is 5.10 Å². The predicted octanol–water partition coefficient (Wildman–Crippen LogP) is 2.63. The van der Waals surface area contributed by atoms with Gasteiger partial charge in [0, 0.05) is 18.6 Å². The number of hydrogen-bond donors (Lipinski definition) is 2. The van der Waals surface area contributed by atoms with Gasteiger partial charge in [0.25, 0.3) is 5.56 Å². The van der Waals surface area contributed by atoms with Crippen LogP contribution in [0.2, 0.25) is 5.02 Å². The molecule has 2 N–H and O–H groups in total. The van der Waals surface area contributed by atoms with Crippen LogP contribution < -0.4 is 10.3 Å². The number of aliphatic carboxylic acids is 1. The molecule has 2 aromatic heterocycles. The molecule has 9 nitrogen and oxygen atoms in total. The molecule has 31 heavy (non-hydrogen) atoms. The molecule has 0 spiro atoms. The molecule has 4 rings (SSSR count). The van der Waals surface area contributed by atoms with Crippen molar-refractivity contribution in [1.29, 1.82) is 0 Å². The van der Waals surface area contributed by atoms with Crippen LogP contribution in [0.3, 0.4) is 0 Å². The van der Waals surface area contributed by atoms with Crippen molar-refractivity contribution in [1.82, 2.24) is 19.7 Å². The number of H-pyrrole nitrogens is 1. The Bertz CT molecular complexity index is 1330. The van der Waals surface area contributed by atoms with Gasteiger partial charge in [-0.3, -0.25) is 9.59 Å². The van der Waals surface area contributed by atoms with Crippen LogP contribution in [0.5, 0.6) is 5.75 Å². The average molecular weight is 443 g/mol. The molecule has 0 radical (unpaired) electrons. The number of hydrogen-bond acceptors (Lipinski definition) is 6. The van der Waals surface area contributed by atoms with Crippen LogP contribution in [0.25, 0.3) is 21.8 Å². The second-order valence-electron chi connectivity index (χ2n) is 6.85. The lowest BCUT2D eigenvalue weighted by Gasteiger charge is -2.08. The number of aromatic nitrogens is 4. The Labute approximate surface area is 181 Å². The zero-order valence-electron chi connectivity index (χ0n) is 16.6. The maximum atomic E-state index is 12.6. The fourth-order valence-corrected chi connectivity index (χ4v) is 3.54. The minimum absolute atomic E-state index is 0.270. The van der Waals surface area contributed by atoms with Gasteiger partial charge in [-0.05, 0) is 12.1 Å². The molecule has 0 aliphatic carbocycles. The Hall–Kier alpha value is -3.43. The van der Waals surface area contributed by atoms with Gasteiger partial charge in [-0.25, -0.2) is 9.67 Å². The van der Waals surface area contributed by atoms with Crippen molar-refractivity contribution in [3.05, 3.63) is 63.3 Å². The number of imidazole rings is 1. The zero-order chi connectivity index (χ0) is 22.0. The van der Waals surface area contributed by atoms with Crippen molar-refractivity contribution in [2.24, 2.45) is 0 Å². The van der Waals surface area contributed by atoms with E-state index in [1.54, 1.807) is 43.5 Å². The van der Waals surface area contributed by atoms with Crippen molar-refractivity contribution >= 4 is 39.4 Å². The molecule has 0 bridgehead atoms. The second-order valence-corrected chi connectivity index (χ2v) is 7.26. The summed E-state index contributed by atoms with van der Waals surface area (Å²) in [6, 6.07) is 10.4. The summed E-state index contributed by atoms with van der Waals surface area (Å²) in [6.45, 7) is 0.283. The number of halogens is 1. The number of nitrogens with zero attached hydrogens (tertiary/aromatic N) is 3. The highest BCUT2D eigenvalue weighted by Gasteiger charge is 2.15. The number of rotatable bonds is 8. The fourth-order valence-electron chi connectivity index (χ4n) is 3.32. The topological polar surface area (TPSA) is 119 Å². The van der Waals surface area contributed by atoms with Gasteiger partial charge in [0.05, 0.1) is 40.2 Å². The molecule has 0 aliphatic heterocycles. The van der Waals surface area contributed by atoms with E-state index >= 15 is 0 Å². The minimum Gasteiger partial charge on any atom is -0.490 e. The maximum Gasteiger partial charge on any atom is 0.325 e. The largest absolute Gasteiger partial charge is 0.490 e. The number of benzene rings is 2. The molecule has 4 aromatic rings. The SMILES string of the molecule is COCCOc1cc2[nH]c(Cc3nn(CC(=O)O)c(=O)c4ccccc34)nc2cc1Cl. The molecule has 0 aliphatic rings. The van der Waals surface area contributed by atoms with Crippen LogP contribution in [0.15, 0.2) is 41.2 Å². The van der Waals surface area contributed by atoms with E-state index in [1.165, 1.54) is 0 Å². The minimum atomic E-state index is -1.14. The monoisotopic (exact) mass is 442 g/mol. The summed E-state index contributed by atoms with van der Waals surface area (Å²) in [5, 5.41) is 14.9. The predicted molar refractivity (Wildman–Crippen MR) is 115 cm³/mol. The summed E-state index contributed by atoms with van der Waals surface area (Å²) < 4.78 is 11.6. The Balaban J connectivity index is 1.72. The normalized spacial score (nSPS) is 11.3. The van der Waals surface area contributed by atoms with E-state index in [2.05, 4.69) is 15.1 Å². The number of carboxylic acid groups (broad SMARTS) is 1. The average Bonchev–Trinajstić information content (AvgIpc) is 3.12. The molecule has 2 heterocycles. The van der Waals surface area contributed by atoms with E-state index in [9.17, 15) is 9.59 Å². The van der Waals surface area contributed by atoms with Crippen LogP contribution in [0.1, 0.15) is 11.5 Å². The number of ether oxygens (including phenoxy) is 2. The van der Waals surface area contributed by atoms with Crippen molar-refractivity contribution in [2.45, 2.75) is 13.0 Å². The molecule has 160 valence electrons. The molecular formula is C21H19ClN4O5. The van der Waals surface area contributed by atoms with Crippen molar-refractivity contribution in [3.63, 3.8) is 0 Å². The molecule has 2 aromatic carbocycles. The quantitative estimate of drug-likeness (QED) is 0.402. The third-order valence-electron chi connectivity index (χ3n) is 4.69.